The molecule has 100 valence electrons. The number of anilines is 1. The van der Waals surface area contributed by atoms with Crippen molar-refractivity contribution in [2.75, 3.05) is 17.5 Å². The van der Waals surface area contributed by atoms with Crippen LogP contribution in [0.2, 0.25) is 0 Å². The third kappa shape index (κ3) is 4.01. The van der Waals surface area contributed by atoms with Crippen molar-refractivity contribution in [1.82, 2.24) is 0 Å². The Kier molecular flexibility index (Phi) is 4.69. The van der Waals surface area contributed by atoms with Crippen LogP contribution in [0.15, 0.2) is 24.3 Å². The Morgan fingerprint density at radius 1 is 1.33 bits per heavy atom. The average molecular weight is 272 g/mol. The van der Waals surface area contributed by atoms with Crippen molar-refractivity contribution in [3.63, 3.8) is 0 Å². The summed E-state index contributed by atoms with van der Waals surface area (Å²) in [6.45, 7) is 3.27. The van der Waals surface area contributed by atoms with Gasteiger partial charge in [0.2, 0.25) is 0 Å². The van der Waals surface area contributed by atoms with Crippen LogP contribution in [0.3, 0.4) is 0 Å². The summed E-state index contributed by atoms with van der Waals surface area (Å²) < 4.78 is 28.4. The van der Waals surface area contributed by atoms with Crippen molar-refractivity contribution in [2.45, 2.75) is 13.8 Å². The van der Waals surface area contributed by atoms with E-state index in [0.29, 0.717) is 5.69 Å². The van der Waals surface area contributed by atoms with Crippen LogP contribution in [-0.4, -0.2) is 27.5 Å². The first-order valence-corrected chi connectivity index (χ1v) is 6.87. The zero-order valence-corrected chi connectivity index (χ0v) is 11.1. The first-order chi connectivity index (χ1) is 8.34. The number of esters is 1. The maximum Gasteiger partial charge on any atom is 0.326 e. The third-order valence-electron chi connectivity index (χ3n) is 2.21. The Hall–Kier alpha value is -1.60. The van der Waals surface area contributed by atoms with Crippen molar-refractivity contribution in [2.24, 2.45) is 5.14 Å². The highest BCUT2D eigenvalue weighted by molar-refractivity contribution is 7.90. The van der Waals surface area contributed by atoms with E-state index in [2.05, 4.69) is 0 Å². The van der Waals surface area contributed by atoms with Gasteiger partial charge in [-0.1, -0.05) is 17.7 Å². The minimum Gasteiger partial charge on any atom is -0.465 e. The summed E-state index contributed by atoms with van der Waals surface area (Å²) >= 11 is 0. The predicted molar refractivity (Wildman–Crippen MR) is 68.3 cm³/mol. The molecular weight excluding hydrogens is 256 g/mol. The topological polar surface area (TPSA) is 89.7 Å². The van der Waals surface area contributed by atoms with Gasteiger partial charge in [0.25, 0.3) is 10.2 Å². The van der Waals surface area contributed by atoms with E-state index >= 15 is 0 Å². The van der Waals surface area contributed by atoms with E-state index in [9.17, 15) is 13.2 Å². The van der Waals surface area contributed by atoms with Gasteiger partial charge in [-0.3, -0.25) is 4.79 Å². The minimum absolute atomic E-state index is 0.186. The molecule has 2 N–H and O–H groups in total. The number of nitrogens with two attached hydrogens (primary N) is 1. The molecule has 1 aromatic rings. The lowest BCUT2D eigenvalue weighted by molar-refractivity contribution is -0.141. The Labute approximate surface area is 107 Å². The Morgan fingerprint density at radius 2 is 1.89 bits per heavy atom. The van der Waals surface area contributed by atoms with Crippen LogP contribution < -0.4 is 9.44 Å². The molecule has 0 radical (unpaired) electrons. The van der Waals surface area contributed by atoms with Gasteiger partial charge in [0.1, 0.15) is 6.54 Å². The van der Waals surface area contributed by atoms with Gasteiger partial charge in [-0.15, -0.1) is 0 Å². The van der Waals surface area contributed by atoms with Crippen molar-refractivity contribution < 1.29 is 17.9 Å². The number of ether oxygens (including phenoxy) is 1. The standard InChI is InChI=1S/C11H16N2O4S/c1-3-17-11(14)8-13(18(12,15)16)10-6-4-9(2)5-7-10/h4-7H,3,8H2,1-2H3,(H2,12,15,16). The molecule has 0 aliphatic rings. The zero-order valence-electron chi connectivity index (χ0n) is 10.3. The molecule has 0 amide bonds. The molecule has 1 rings (SSSR count). The number of carbonyl (C=O) groups is 1. The van der Waals surface area contributed by atoms with Crippen molar-refractivity contribution >= 4 is 21.9 Å². The maximum absolute atomic E-state index is 11.5. The van der Waals surface area contributed by atoms with Crippen LogP contribution in [0, 0.1) is 6.92 Å². The first-order valence-electron chi connectivity index (χ1n) is 5.37. The maximum atomic E-state index is 11.5. The van der Waals surface area contributed by atoms with Gasteiger partial charge in [0.15, 0.2) is 0 Å². The molecule has 18 heavy (non-hydrogen) atoms. The highest BCUT2D eigenvalue weighted by Crippen LogP contribution is 2.17. The number of benzene rings is 1. The fourth-order valence-corrected chi connectivity index (χ4v) is 2.06. The Balaban J connectivity index is 3.00. The minimum atomic E-state index is -4.01. The summed E-state index contributed by atoms with van der Waals surface area (Å²) in [5.74, 6) is -0.646. The van der Waals surface area contributed by atoms with Crippen LogP contribution in [0.4, 0.5) is 5.69 Å². The van der Waals surface area contributed by atoms with Gasteiger partial charge in [-0.05, 0) is 26.0 Å². The van der Waals surface area contributed by atoms with Crippen molar-refractivity contribution in [3.8, 4) is 0 Å². The molecule has 0 fully saturated rings. The van der Waals surface area contributed by atoms with E-state index < -0.39 is 22.7 Å². The molecule has 0 saturated heterocycles. The van der Waals surface area contributed by atoms with Crippen LogP contribution in [0.25, 0.3) is 0 Å². The highest BCUT2D eigenvalue weighted by atomic mass is 32.2. The molecule has 0 atom stereocenters. The lowest BCUT2D eigenvalue weighted by Gasteiger charge is -2.20. The fourth-order valence-electron chi connectivity index (χ4n) is 1.36. The van der Waals surface area contributed by atoms with E-state index in [1.807, 2.05) is 6.92 Å². The molecule has 1 aromatic carbocycles. The van der Waals surface area contributed by atoms with Gasteiger partial charge in [-0.25, -0.2) is 9.44 Å². The number of aryl methyl sites for hydroxylation is 1. The van der Waals surface area contributed by atoms with E-state index in [-0.39, 0.29) is 6.61 Å². The van der Waals surface area contributed by atoms with Crippen LogP contribution in [-0.2, 0) is 19.7 Å². The summed E-state index contributed by atoms with van der Waals surface area (Å²) in [6, 6.07) is 6.63. The predicted octanol–water partition coefficient (Wildman–Crippen LogP) is 0.568. The molecule has 0 aliphatic carbocycles. The highest BCUT2D eigenvalue weighted by Gasteiger charge is 2.21. The molecular formula is C11H16N2O4S. The summed E-state index contributed by atoms with van der Waals surface area (Å²) in [7, 11) is -4.01. The third-order valence-corrected chi connectivity index (χ3v) is 3.16. The summed E-state index contributed by atoms with van der Waals surface area (Å²) in [4.78, 5) is 11.4. The Bertz CT molecular complexity index is 510. The van der Waals surface area contributed by atoms with Crippen LogP contribution >= 0.6 is 0 Å². The quantitative estimate of drug-likeness (QED) is 0.793. The van der Waals surface area contributed by atoms with Gasteiger partial charge < -0.3 is 4.74 Å². The molecule has 0 saturated carbocycles. The number of nitrogens with zero attached hydrogens (tertiary/aromatic N) is 1. The molecule has 6 nitrogen and oxygen atoms in total. The lowest BCUT2D eigenvalue weighted by atomic mass is 10.2. The molecule has 0 aliphatic heterocycles. The van der Waals surface area contributed by atoms with E-state index in [1.54, 1.807) is 31.2 Å². The second-order valence-corrected chi connectivity index (χ2v) is 5.16. The largest absolute Gasteiger partial charge is 0.465 e. The molecule has 0 heterocycles. The summed E-state index contributed by atoms with van der Waals surface area (Å²) in [5, 5.41) is 5.08. The summed E-state index contributed by atoms with van der Waals surface area (Å²) in [5.41, 5.74) is 1.31. The average Bonchev–Trinajstić information content (AvgIpc) is 2.26. The normalized spacial score (nSPS) is 11.1. The molecule has 0 unspecified atom stereocenters. The number of hydrogen-bond acceptors (Lipinski definition) is 4. The van der Waals surface area contributed by atoms with E-state index in [0.717, 1.165) is 9.87 Å². The van der Waals surface area contributed by atoms with Crippen molar-refractivity contribution in [3.05, 3.63) is 29.8 Å². The zero-order chi connectivity index (χ0) is 13.8. The van der Waals surface area contributed by atoms with Gasteiger partial charge in [-0.2, -0.15) is 8.42 Å². The monoisotopic (exact) mass is 272 g/mol. The van der Waals surface area contributed by atoms with E-state index in [1.165, 1.54) is 0 Å². The van der Waals surface area contributed by atoms with Gasteiger partial charge in [0, 0.05) is 0 Å². The van der Waals surface area contributed by atoms with E-state index in [4.69, 9.17) is 9.88 Å². The molecule has 7 heteroatoms. The van der Waals surface area contributed by atoms with Gasteiger partial charge in [0.05, 0.1) is 12.3 Å². The summed E-state index contributed by atoms with van der Waals surface area (Å²) in [6.07, 6.45) is 0. The van der Waals surface area contributed by atoms with Crippen LogP contribution in [0.5, 0.6) is 0 Å². The second kappa shape index (κ2) is 5.83. The smallest absolute Gasteiger partial charge is 0.326 e. The first kappa shape index (κ1) is 14.5. The molecule has 0 bridgehead atoms. The fraction of sp³-hybridized carbons (Fsp3) is 0.364. The van der Waals surface area contributed by atoms with Gasteiger partial charge >= 0.3 is 5.97 Å². The number of rotatable bonds is 5. The SMILES string of the molecule is CCOC(=O)CN(c1ccc(C)cc1)S(N)(=O)=O. The number of carbonyl (C=O) groups excluding carboxylic acids is 1. The number of hydrogen-bond donors (Lipinski definition) is 1. The lowest BCUT2D eigenvalue weighted by Crippen LogP contribution is -2.40. The Morgan fingerprint density at radius 3 is 2.33 bits per heavy atom. The van der Waals surface area contributed by atoms with Crippen molar-refractivity contribution in [1.29, 1.82) is 0 Å². The second-order valence-electron chi connectivity index (χ2n) is 3.69. The van der Waals surface area contributed by atoms with Crippen LogP contribution in [0.1, 0.15) is 12.5 Å². The molecule has 0 spiro atoms. The molecule has 0 aromatic heterocycles.